The molecule has 0 spiro atoms. The fraction of sp³-hybridized carbons (Fsp3) is 0.538. The number of ether oxygens (including phenoxy) is 1. The summed E-state index contributed by atoms with van der Waals surface area (Å²) in [5.74, 6) is -0.671. The summed E-state index contributed by atoms with van der Waals surface area (Å²) >= 11 is 0. The molecule has 1 aromatic rings. The summed E-state index contributed by atoms with van der Waals surface area (Å²) in [5.41, 5.74) is 0.150. The van der Waals surface area contributed by atoms with Gasteiger partial charge in [-0.05, 0) is 31.8 Å². The first kappa shape index (κ1) is 18.0. The number of benzene rings is 1. The van der Waals surface area contributed by atoms with Crippen molar-refractivity contribution in [3.05, 3.63) is 29.6 Å². The van der Waals surface area contributed by atoms with Crippen molar-refractivity contribution in [2.24, 2.45) is 0 Å². The van der Waals surface area contributed by atoms with Gasteiger partial charge in [0.1, 0.15) is 5.82 Å². The second-order valence-corrected chi connectivity index (χ2v) is 6.46. The fourth-order valence-corrected chi connectivity index (χ4v) is 2.84. The van der Waals surface area contributed by atoms with E-state index in [1.54, 1.807) is 0 Å². The van der Waals surface area contributed by atoms with Crippen molar-refractivity contribution < 1.29 is 22.7 Å². The molecule has 120 valence electrons. The number of sulfonamides is 1. The first-order valence-electron chi connectivity index (χ1n) is 6.48. The van der Waals surface area contributed by atoms with E-state index in [2.05, 4.69) is 4.72 Å². The number of hydrogen-bond donors (Lipinski definition) is 2. The van der Waals surface area contributed by atoms with Gasteiger partial charge in [0.05, 0.1) is 24.7 Å². The number of nitrogens with zero attached hydrogens (tertiary/aromatic N) is 1. The van der Waals surface area contributed by atoms with Gasteiger partial charge in [0.2, 0.25) is 10.0 Å². The summed E-state index contributed by atoms with van der Waals surface area (Å²) in [6, 6.07) is 3.24. The lowest BCUT2D eigenvalue weighted by molar-refractivity contribution is 0.122. The highest BCUT2D eigenvalue weighted by Crippen LogP contribution is 2.17. The number of halogens is 1. The molecule has 0 atom stereocenters. The summed E-state index contributed by atoms with van der Waals surface area (Å²) in [5, 5.41) is 9.12. The van der Waals surface area contributed by atoms with Crippen LogP contribution in [0.2, 0.25) is 0 Å². The van der Waals surface area contributed by atoms with E-state index >= 15 is 0 Å². The van der Waals surface area contributed by atoms with Crippen LogP contribution in [0.25, 0.3) is 0 Å². The molecule has 0 heterocycles. The molecule has 6 nitrogen and oxygen atoms in total. The van der Waals surface area contributed by atoms with Crippen LogP contribution in [-0.2, 0) is 21.4 Å². The van der Waals surface area contributed by atoms with Crippen LogP contribution in [0.1, 0.15) is 5.56 Å². The van der Waals surface area contributed by atoms with Crippen LogP contribution in [0.5, 0.6) is 0 Å². The van der Waals surface area contributed by atoms with Crippen LogP contribution >= 0.6 is 0 Å². The molecule has 2 N–H and O–H groups in total. The number of nitrogens with one attached hydrogen (secondary N) is 1. The Labute approximate surface area is 124 Å². The minimum Gasteiger partial charge on any atom is -0.392 e. The Morgan fingerprint density at radius 3 is 2.67 bits per heavy atom. The minimum absolute atomic E-state index is 0.0805. The number of likely N-dealkylation sites (N-methyl/N-ethyl adjacent to an activating group) is 1. The van der Waals surface area contributed by atoms with Gasteiger partial charge in [-0.2, -0.15) is 0 Å². The monoisotopic (exact) mass is 320 g/mol. The Bertz CT molecular complexity index is 549. The lowest BCUT2D eigenvalue weighted by Crippen LogP contribution is -2.29. The van der Waals surface area contributed by atoms with Crippen LogP contribution in [0.3, 0.4) is 0 Å². The molecule has 21 heavy (non-hydrogen) atoms. The third-order valence-electron chi connectivity index (χ3n) is 2.71. The van der Waals surface area contributed by atoms with E-state index < -0.39 is 22.4 Å². The van der Waals surface area contributed by atoms with Gasteiger partial charge in [0.15, 0.2) is 0 Å². The zero-order valence-corrected chi connectivity index (χ0v) is 13.0. The van der Waals surface area contributed by atoms with Crippen molar-refractivity contribution in [2.45, 2.75) is 11.5 Å². The first-order valence-corrected chi connectivity index (χ1v) is 7.96. The second kappa shape index (κ2) is 8.40. The van der Waals surface area contributed by atoms with Crippen molar-refractivity contribution in [3.8, 4) is 0 Å². The summed E-state index contributed by atoms with van der Waals surface area (Å²) in [6.07, 6.45) is 0. The molecule has 0 radical (unpaired) electrons. The number of rotatable bonds is 9. The van der Waals surface area contributed by atoms with Crippen LogP contribution in [0, 0.1) is 5.82 Å². The SMILES string of the molecule is CN(C)CCOCCNS(=O)(=O)c1cc(F)ccc1CO. The molecule has 0 unspecified atom stereocenters. The summed E-state index contributed by atoms with van der Waals surface area (Å²) in [7, 11) is -0.0511. The number of aliphatic hydroxyl groups is 1. The molecular formula is C13H21FN2O4S. The smallest absolute Gasteiger partial charge is 0.241 e. The van der Waals surface area contributed by atoms with Gasteiger partial charge in [-0.25, -0.2) is 17.5 Å². The highest BCUT2D eigenvalue weighted by atomic mass is 32.2. The Morgan fingerprint density at radius 2 is 2.05 bits per heavy atom. The van der Waals surface area contributed by atoms with Crippen molar-refractivity contribution in [2.75, 3.05) is 40.4 Å². The van der Waals surface area contributed by atoms with Crippen LogP contribution in [0.15, 0.2) is 23.1 Å². The molecule has 0 saturated heterocycles. The fourth-order valence-electron chi connectivity index (χ4n) is 1.58. The second-order valence-electron chi connectivity index (χ2n) is 4.72. The molecule has 8 heteroatoms. The quantitative estimate of drug-likeness (QED) is 0.634. The Morgan fingerprint density at radius 1 is 1.33 bits per heavy atom. The predicted octanol–water partition coefficient (Wildman–Crippen LogP) is 0.174. The summed E-state index contributed by atoms with van der Waals surface area (Å²) in [4.78, 5) is 1.70. The molecule has 0 bridgehead atoms. The van der Waals surface area contributed by atoms with Crippen LogP contribution < -0.4 is 4.72 Å². The molecule has 0 amide bonds. The largest absolute Gasteiger partial charge is 0.392 e. The molecule has 0 aliphatic heterocycles. The normalized spacial score (nSPS) is 12.0. The molecule has 0 aliphatic carbocycles. The van der Waals surface area contributed by atoms with Crippen molar-refractivity contribution in [1.82, 2.24) is 9.62 Å². The van der Waals surface area contributed by atoms with Crippen LogP contribution in [0.4, 0.5) is 4.39 Å². The zero-order valence-electron chi connectivity index (χ0n) is 12.2. The highest BCUT2D eigenvalue weighted by Gasteiger charge is 2.18. The first-order chi connectivity index (χ1) is 9.86. The van der Waals surface area contributed by atoms with Crippen LogP contribution in [-0.4, -0.2) is 58.8 Å². The molecular weight excluding hydrogens is 299 g/mol. The Kier molecular flexibility index (Phi) is 7.20. The van der Waals surface area contributed by atoms with Gasteiger partial charge in [0.25, 0.3) is 0 Å². The average molecular weight is 320 g/mol. The number of aliphatic hydroxyl groups excluding tert-OH is 1. The average Bonchev–Trinajstić information content (AvgIpc) is 2.42. The molecule has 1 rings (SSSR count). The maximum Gasteiger partial charge on any atom is 0.241 e. The molecule has 0 aliphatic rings. The van der Waals surface area contributed by atoms with Crippen molar-refractivity contribution >= 4 is 10.0 Å². The summed E-state index contributed by atoms with van der Waals surface area (Å²) in [6.45, 7) is 1.06. The molecule has 0 saturated carbocycles. The van der Waals surface area contributed by atoms with Gasteiger partial charge < -0.3 is 14.7 Å². The van der Waals surface area contributed by atoms with Gasteiger partial charge >= 0.3 is 0 Å². The maximum absolute atomic E-state index is 13.2. The third-order valence-corrected chi connectivity index (χ3v) is 4.25. The molecule has 0 fully saturated rings. The third kappa shape index (κ3) is 6.06. The minimum atomic E-state index is -3.87. The van der Waals surface area contributed by atoms with E-state index in [1.807, 2.05) is 19.0 Å². The predicted molar refractivity (Wildman–Crippen MR) is 76.9 cm³/mol. The van der Waals surface area contributed by atoms with E-state index in [-0.39, 0.29) is 23.6 Å². The van der Waals surface area contributed by atoms with Gasteiger partial charge in [-0.3, -0.25) is 0 Å². The topological polar surface area (TPSA) is 78.9 Å². The van der Waals surface area contributed by atoms with E-state index in [4.69, 9.17) is 9.84 Å². The number of hydrogen-bond acceptors (Lipinski definition) is 5. The van der Waals surface area contributed by atoms with Crippen molar-refractivity contribution in [3.63, 3.8) is 0 Å². The standard InChI is InChI=1S/C13H21FN2O4S/c1-16(2)6-8-20-7-5-15-21(18,19)13-9-12(14)4-3-11(13)10-17/h3-4,9,15,17H,5-8,10H2,1-2H3. The lowest BCUT2D eigenvalue weighted by Gasteiger charge is -2.12. The summed E-state index contributed by atoms with van der Waals surface area (Å²) < 4.78 is 44.9. The van der Waals surface area contributed by atoms with E-state index in [0.717, 1.165) is 18.7 Å². The van der Waals surface area contributed by atoms with Gasteiger partial charge in [-0.15, -0.1) is 0 Å². The van der Waals surface area contributed by atoms with E-state index in [1.165, 1.54) is 6.07 Å². The zero-order chi connectivity index (χ0) is 15.9. The van der Waals surface area contributed by atoms with Crippen molar-refractivity contribution in [1.29, 1.82) is 0 Å². The van der Waals surface area contributed by atoms with Gasteiger partial charge in [-0.1, -0.05) is 6.07 Å². The molecule has 1 aromatic carbocycles. The lowest BCUT2D eigenvalue weighted by atomic mass is 10.2. The van der Waals surface area contributed by atoms with Gasteiger partial charge in [0, 0.05) is 13.1 Å². The Hall–Kier alpha value is -1.06. The molecule has 0 aromatic heterocycles. The van der Waals surface area contributed by atoms with E-state index in [9.17, 15) is 12.8 Å². The Balaban J connectivity index is 2.56. The maximum atomic E-state index is 13.2. The van der Waals surface area contributed by atoms with E-state index in [0.29, 0.717) is 6.61 Å². The highest BCUT2D eigenvalue weighted by molar-refractivity contribution is 7.89.